The Morgan fingerprint density at radius 2 is 1.88 bits per heavy atom. The lowest BCUT2D eigenvalue weighted by Gasteiger charge is -2.34. The molecular weight excluding hydrogens is 431 g/mol. The number of hydrogen-bond donors (Lipinski definition) is 3. The molecule has 1 fully saturated rings. The van der Waals surface area contributed by atoms with Crippen molar-refractivity contribution in [3.63, 3.8) is 0 Å². The molecule has 1 aromatic carbocycles. The molecule has 1 aliphatic rings. The number of likely N-dealkylation sites (N-methyl/N-ethyl adjacent to an activating group) is 1. The van der Waals surface area contributed by atoms with Gasteiger partial charge < -0.3 is 25.1 Å². The molecule has 3 aromatic heterocycles. The molecule has 1 aliphatic heterocycles. The van der Waals surface area contributed by atoms with Gasteiger partial charge in [0.05, 0.1) is 16.9 Å². The molecule has 3 N–H and O–H groups in total. The molecule has 7 nitrogen and oxygen atoms in total. The van der Waals surface area contributed by atoms with E-state index in [0.717, 1.165) is 42.9 Å². The van der Waals surface area contributed by atoms with Gasteiger partial charge in [-0.15, -0.1) is 0 Å². The second-order valence-electron chi connectivity index (χ2n) is 7.91. The van der Waals surface area contributed by atoms with Crippen molar-refractivity contribution in [3.8, 4) is 11.1 Å². The number of hydrogen-bond acceptors (Lipinski definition) is 5. The average Bonchev–Trinajstić information content (AvgIpc) is 3.27. The van der Waals surface area contributed by atoms with E-state index < -0.39 is 5.82 Å². The van der Waals surface area contributed by atoms with Gasteiger partial charge in [0.15, 0.2) is 0 Å². The van der Waals surface area contributed by atoms with Crippen molar-refractivity contribution in [2.24, 2.45) is 0 Å². The predicted molar refractivity (Wildman–Crippen MR) is 127 cm³/mol. The quantitative estimate of drug-likeness (QED) is 0.432. The molecule has 4 heterocycles. The molecule has 0 bridgehead atoms. The third-order valence-corrected chi connectivity index (χ3v) is 6.02. The summed E-state index contributed by atoms with van der Waals surface area (Å²) in [5.74, 6) is 0.171. The van der Waals surface area contributed by atoms with Crippen molar-refractivity contribution in [3.05, 3.63) is 70.0 Å². The molecule has 0 aliphatic carbocycles. The van der Waals surface area contributed by atoms with Crippen molar-refractivity contribution in [2.45, 2.75) is 0 Å². The van der Waals surface area contributed by atoms with Gasteiger partial charge in [-0.2, -0.15) is 0 Å². The van der Waals surface area contributed by atoms with Crippen LogP contribution in [0.1, 0.15) is 0 Å². The summed E-state index contributed by atoms with van der Waals surface area (Å²) in [4.78, 5) is 27.8. The van der Waals surface area contributed by atoms with Crippen molar-refractivity contribution in [1.29, 1.82) is 0 Å². The third kappa shape index (κ3) is 3.83. The number of fused-ring (bicyclic) bond motifs is 1. The molecule has 0 spiro atoms. The van der Waals surface area contributed by atoms with E-state index in [1.807, 2.05) is 18.3 Å². The van der Waals surface area contributed by atoms with Crippen molar-refractivity contribution >= 4 is 39.8 Å². The average molecular weight is 453 g/mol. The lowest BCUT2D eigenvalue weighted by molar-refractivity contribution is 0.312. The van der Waals surface area contributed by atoms with E-state index in [-0.39, 0.29) is 16.7 Å². The lowest BCUT2D eigenvalue weighted by Crippen LogP contribution is -2.45. The maximum atomic E-state index is 14.6. The summed E-state index contributed by atoms with van der Waals surface area (Å²) in [6.45, 7) is 3.29. The lowest BCUT2D eigenvalue weighted by atomic mass is 10.1. The molecule has 9 heteroatoms. The Labute approximate surface area is 188 Å². The summed E-state index contributed by atoms with van der Waals surface area (Å²) in [5, 5.41) is 4.72. The first-order chi connectivity index (χ1) is 15.5. The number of pyridine rings is 2. The number of nitrogens with zero attached hydrogens (tertiary/aromatic N) is 3. The highest BCUT2D eigenvalue weighted by molar-refractivity contribution is 6.30. The summed E-state index contributed by atoms with van der Waals surface area (Å²) in [6.07, 6.45) is 3.53. The van der Waals surface area contributed by atoms with Crippen LogP contribution < -0.4 is 15.8 Å². The van der Waals surface area contributed by atoms with Gasteiger partial charge in [-0.3, -0.25) is 4.79 Å². The van der Waals surface area contributed by atoms with Crippen LogP contribution in [0.25, 0.3) is 22.2 Å². The number of H-pyrrole nitrogens is 2. The van der Waals surface area contributed by atoms with Crippen LogP contribution in [0.15, 0.2) is 53.6 Å². The van der Waals surface area contributed by atoms with Gasteiger partial charge in [0.25, 0.3) is 5.56 Å². The first-order valence-electron chi connectivity index (χ1n) is 10.3. The normalized spacial score (nSPS) is 14.8. The van der Waals surface area contributed by atoms with Crippen LogP contribution in [-0.2, 0) is 0 Å². The minimum atomic E-state index is -0.505. The number of nitrogens with one attached hydrogen (secondary N) is 3. The van der Waals surface area contributed by atoms with Crippen LogP contribution in [0.4, 0.5) is 21.6 Å². The van der Waals surface area contributed by atoms with E-state index in [1.54, 1.807) is 12.3 Å². The third-order valence-electron chi connectivity index (χ3n) is 5.79. The van der Waals surface area contributed by atoms with Crippen LogP contribution in [0, 0.1) is 5.82 Å². The van der Waals surface area contributed by atoms with Crippen molar-refractivity contribution in [2.75, 3.05) is 43.4 Å². The Kier molecular flexibility index (Phi) is 5.32. The molecule has 32 heavy (non-hydrogen) atoms. The summed E-state index contributed by atoms with van der Waals surface area (Å²) in [5.41, 5.74) is 2.26. The number of halogens is 2. The molecule has 0 unspecified atom stereocenters. The first-order valence-corrected chi connectivity index (χ1v) is 10.7. The molecule has 0 amide bonds. The summed E-state index contributed by atoms with van der Waals surface area (Å²) in [7, 11) is 2.07. The molecule has 0 radical (unpaired) electrons. The van der Waals surface area contributed by atoms with Gasteiger partial charge >= 0.3 is 0 Å². The fourth-order valence-electron chi connectivity index (χ4n) is 4.01. The zero-order valence-electron chi connectivity index (χ0n) is 17.5. The van der Waals surface area contributed by atoms with Gasteiger partial charge in [-0.05, 0) is 43.4 Å². The smallest absolute Gasteiger partial charge is 0.257 e. The standard InChI is InChI=1S/C23H22ClFN6O/c1-30-8-10-31(11-9-30)22-20(28-19-5-7-27-21-15(19)4-6-26-21)13-17(23(32)29-22)16-12-14(24)2-3-18(16)25/h2-7,12-13H,8-11H2,1H3,(H,29,32)(H2,26,27,28). The van der Waals surface area contributed by atoms with Crippen molar-refractivity contribution < 1.29 is 4.39 Å². The maximum Gasteiger partial charge on any atom is 0.257 e. The molecule has 164 valence electrons. The van der Waals surface area contributed by atoms with Crippen LogP contribution in [0.5, 0.6) is 0 Å². The predicted octanol–water partition coefficient (Wildman–Crippen LogP) is 4.21. The Hall–Kier alpha value is -3.36. The van der Waals surface area contributed by atoms with Gasteiger partial charge in [0.1, 0.15) is 17.3 Å². The Balaban J connectivity index is 1.65. The number of aromatic nitrogens is 3. The Bertz CT molecular complexity index is 1340. The van der Waals surface area contributed by atoms with Crippen molar-refractivity contribution in [1.82, 2.24) is 19.9 Å². The molecular formula is C23H22ClFN6O. The number of anilines is 3. The number of benzene rings is 1. The SMILES string of the molecule is CN1CCN(c2[nH]c(=O)c(-c3cc(Cl)ccc3F)cc2Nc2ccnc3[nH]ccc23)CC1. The fourth-order valence-corrected chi connectivity index (χ4v) is 4.19. The highest BCUT2D eigenvalue weighted by Crippen LogP contribution is 2.33. The molecule has 0 saturated carbocycles. The van der Waals surface area contributed by atoms with Crippen LogP contribution in [-0.4, -0.2) is 53.1 Å². The van der Waals surface area contributed by atoms with E-state index in [0.29, 0.717) is 16.5 Å². The van der Waals surface area contributed by atoms with E-state index in [1.165, 1.54) is 18.2 Å². The maximum absolute atomic E-state index is 14.6. The number of aromatic amines is 2. The highest BCUT2D eigenvalue weighted by atomic mass is 35.5. The Morgan fingerprint density at radius 3 is 2.69 bits per heavy atom. The second kappa shape index (κ2) is 8.29. The highest BCUT2D eigenvalue weighted by Gasteiger charge is 2.21. The van der Waals surface area contributed by atoms with Gasteiger partial charge in [0, 0.05) is 54.5 Å². The minimum Gasteiger partial charge on any atom is -0.354 e. The Morgan fingerprint density at radius 1 is 1.06 bits per heavy atom. The number of rotatable bonds is 4. The summed E-state index contributed by atoms with van der Waals surface area (Å²) in [6, 6.07) is 9.70. The van der Waals surface area contributed by atoms with Gasteiger partial charge in [-0.1, -0.05) is 11.6 Å². The minimum absolute atomic E-state index is 0.160. The second-order valence-corrected chi connectivity index (χ2v) is 8.35. The largest absolute Gasteiger partial charge is 0.354 e. The van der Waals surface area contributed by atoms with E-state index in [9.17, 15) is 9.18 Å². The van der Waals surface area contributed by atoms with E-state index >= 15 is 0 Å². The monoisotopic (exact) mass is 452 g/mol. The van der Waals surface area contributed by atoms with Gasteiger partial charge in [-0.25, -0.2) is 9.37 Å². The van der Waals surface area contributed by atoms with E-state index in [4.69, 9.17) is 11.6 Å². The first kappa shape index (κ1) is 20.5. The fraction of sp³-hybridized carbons (Fsp3) is 0.217. The molecule has 4 aromatic rings. The zero-order chi connectivity index (χ0) is 22.2. The molecule has 1 saturated heterocycles. The van der Waals surface area contributed by atoms with Crippen LogP contribution in [0.3, 0.4) is 0 Å². The zero-order valence-corrected chi connectivity index (χ0v) is 18.2. The van der Waals surface area contributed by atoms with Gasteiger partial charge in [0.2, 0.25) is 0 Å². The number of piperazine rings is 1. The topological polar surface area (TPSA) is 80.1 Å². The summed E-state index contributed by atoms with van der Waals surface area (Å²) < 4.78 is 14.6. The summed E-state index contributed by atoms with van der Waals surface area (Å²) >= 11 is 6.09. The van der Waals surface area contributed by atoms with Crippen LogP contribution >= 0.6 is 11.6 Å². The molecule has 0 atom stereocenters. The van der Waals surface area contributed by atoms with E-state index in [2.05, 4.69) is 37.1 Å². The van der Waals surface area contributed by atoms with Crippen LogP contribution in [0.2, 0.25) is 5.02 Å². The molecule has 5 rings (SSSR count).